The summed E-state index contributed by atoms with van der Waals surface area (Å²) in [5.41, 5.74) is 0. The van der Waals surface area contributed by atoms with Gasteiger partial charge in [0.25, 0.3) is 0 Å². The summed E-state index contributed by atoms with van der Waals surface area (Å²) in [7, 11) is 0. The van der Waals surface area contributed by atoms with Crippen molar-refractivity contribution in [2.45, 2.75) is 64.8 Å². The Morgan fingerprint density at radius 3 is 2.16 bits per heavy atom. The third-order valence-electron chi connectivity index (χ3n) is 5.18. The molecule has 1 saturated carbocycles. The Kier molecular flexibility index (Phi) is 5.68. The topological polar surface area (TPSA) is 32.3 Å². The first-order valence-electron chi connectivity index (χ1n) is 8.18. The highest BCUT2D eigenvalue weighted by Crippen LogP contribution is 2.30. The number of carbonyl (C=O) groups excluding carboxylic acids is 1. The van der Waals surface area contributed by atoms with E-state index in [0.29, 0.717) is 6.04 Å². The normalized spacial score (nSPS) is 29.5. The van der Waals surface area contributed by atoms with Crippen LogP contribution >= 0.6 is 0 Å². The fraction of sp³-hybridized carbons (Fsp3) is 0.938. The predicted molar refractivity (Wildman–Crippen MR) is 79.0 cm³/mol. The lowest BCUT2D eigenvalue weighted by molar-refractivity contribution is -0.129. The molecule has 1 N–H and O–H groups in total. The van der Waals surface area contributed by atoms with Crippen LogP contribution in [-0.4, -0.2) is 36.5 Å². The predicted octanol–water partition coefficient (Wildman–Crippen LogP) is 2.80. The van der Waals surface area contributed by atoms with E-state index >= 15 is 0 Å². The van der Waals surface area contributed by atoms with Crippen LogP contribution in [0, 0.1) is 11.8 Å². The molecule has 2 fully saturated rings. The van der Waals surface area contributed by atoms with E-state index in [0.717, 1.165) is 37.8 Å². The van der Waals surface area contributed by atoms with Gasteiger partial charge in [-0.1, -0.05) is 26.2 Å². The van der Waals surface area contributed by atoms with Gasteiger partial charge in [0.15, 0.2) is 0 Å². The molecule has 3 nitrogen and oxygen atoms in total. The van der Waals surface area contributed by atoms with Crippen LogP contribution in [0.2, 0.25) is 0 Å². The summed E-state index contributed by atoms with van der Waals surface area (Å²) in [6.07, 6.45) is 9.32. The number of amides is 1. The summed E-state index contributed by atoms with van der Waals surface area (Å²) in [4.78, 5) is 13.3. The standard InChI is InChI=1S/C16H30N2O/c1-3-14-4-6-15(7-5-14)12-17-16-8-10-18(11-9-16)13(2)19/h14-17H,3-12H2,1-2H3. The fourth-order valence-electron chi connectivity index (χ4n) is 3.58. The van der Waals surface area contributed by atoms with Crippen LogP contribution in [0.1, 0.15) is 58.8 Å². The monoisotopic (exact) mass is 266 g/mol. The maximum Gasteiger partial charge on any atom is 0.219 e. The van der Waals surface area contributed by atoms with Crippen molar-refractivity contribution in [1.82, 2.24) is 10.2 Å². The molecule has 1 saturated heterocycles. The number of nitrogens with zero attached hydrogens (tertiary/aromatic N) is 1. The van der Waals surface area contributed by atoms with Crippen LogP contribution in [0.4, 0.5) is 0 Å². The van der Waals surface area contributed by atoms with Gasteiger partial charge in [-0.3, -0.25) is 4.79 Å². The minimum Gasteiger partial charge on any atom is -0.343 e. The molecule has 0 bridgehead atoms. The van der Waals surface area contributed by atoms with Crippen molar-refractivity contribution < 1.29 is 4.79 Å². The highest BCUT2D eigenvalue weighted by molar-refractivity contribution is 5.73. The Balaban J connectivity index is 1.61. The van der Waals surface area contributed by atoms with Crippen LogP contribution in [-0.2, 0) is 4.79 Å². The molecule has 1 aliphatic heterocycles. The Hall–Kier alpha value is -0.570. The lowest BCUT2D eigenvalue weighted by atomic mass is 9.81. The molecule has 0 aromatic rings. The number of hydrogen-bond donors (Lipinski definition) is 1. The van der Waals surface area contributed by atoms with Crippen LogP contribution in [0.3, 0.4) is 0 Å². The molecule has 3 heteroatoms. The van der Waals surface area contributed by atoms with Crippen molar-refractivity contribution in [3.05, 3.63) is 0 Å². The SMILES string of the molecule is CCC1CCC(CNC2CCN(C(C)=O)CC2)CC1. The Morgan fingerprint density at radius 1 is 1.05 bits per heavy atom. The maximum absolute atomic E-state index is 11.3. The van der Waals surface area contributed by atoms with Gasteiger partial charge in [0.2, 0.25) is 5.91 Å². The third kappa shape index (κ3) is 4.48. The van der Waals surface area contributed by atoms with E-state index in [1.165, 1.54) is 38.6 Å². The molecular formula is C16H30N2O. The molecule has 2 rings (SSSR count). The number of nitrogens with one attached hydrogen (secondary N) is 1. The minimum atomic E-state index is 0.233. The van der Waals surface area contributed by atoms with Gasteiger partial charge < -0.3 is 10.2 Å². The average Bonchev–Trinajstić information content (AvgIpc) is 2.46. The van der Waals surface area contributed by atoms with E-state index < -0.39 is 0 Å². The zero-order chi connectivity index (χ0) is 13.7. The summed E-state index contributed by atoms with van der Waals surface area (Å²) in [6.45, 7) is 7.08. The number of carbonyl (C=O) groups is 1. The van der Waals surface area contributed by atoms with Crippen LogP contribution in [0.25, 0.3) is 0 Å². The van der Waals surface area contributed by atoms with Gasteiger partial charge in [0.05, 0.1) is 0 Å². The number of hydrogen-bond acceptors (Lipinski definition) is 2. The van der Waals surface area contributed by atoms with E-state index in [-0.39, 0.29) is 5.91 Å². The lowest BCUT2D eigenvalue weighted by Gasteiger charge is -2.34. The van der Waals surface area contributed by atoms with Crippen LogP contribution in [0.5, 0.6) is 0 Å². The van der Waals surface area contributed by atoms with Crippen molar-refractivity contribution in [3.63, 3.8) is 0 Å². The number of piperidine rings is 1. The van der Waals surface area contributed by atoms with Crippen molar-refractivity contribution >= 4 is 5.91 Å². The summed E-state index contributed by atoms with van der Waals surface area (Å²) >= 11 is 0. The third-order valence-corrected chi connectivity index (χ3v) is 5.18. The van der Waals surface area contributed by atoms with Crippen molar-refractivity contribution in [2.24, 2.45) is 11.8 Å². The largest absolute Gasteiger partial charge is 0.343 e. The van der Waals surface area contributed by atoms with Gasteiger partial charge in [-0.15, -0.1) is 0 Å². The van der Waals surface area contributed by atoms with E-state index in [1.54, 1.807) is 6.92 Å². The second-order valence-electron chi connectivity index (χ2n) is 6.48. The molecule has 1 amide bonds. The molecule has 0 aromatic heterocycles. The molecule has 0 aromatic carbocycles. The maximum atomic E-state index is 11.3. The second-order valence-corrected chi connectivity index (χ2v) is 6.48. The van der Waals surface area contributed by atoms with Gasteiger partial charge in [-0.05, 0) is 44.1 Å². The molecule has 0 spiro atoms. The quantitative estimate of drug-likeness (QED) is 0.848. The van der Waals surface area contributed by atoms with E-state index in [1.807, 2.05) is 4.90 Å². The summed E-state index contributed by atoms with van der Waals surface area (Å²) in [5.74, 6) is 2.13. The molecule has 2 aliphatic rings. The average molecular weight is 266 g/mol. The van der Waals surface area contributed by atoms with E-state index in [4.69, 9.17) is 0 Å². The first kappa shape index (κ1) is 14.8. The molecule has 110 valence electrons. The highest BCUT2D eigenvalue weighted by Gasteiger charge is 2.23. The molecule has 0 atom stereocenters. The molecule has 19 heavy (non-hydrogen) atoms. The number of likely N-dealkylation sites (tertiary alicyclic amines) is 1. The Labute approximate surface area is 118 Å². The molecule has 1 aliphatic carbocycles. The van der Waals surface area contributed by atoms with Gasteiger partial charge in [-0.2, -0.15) is 0 Å². The van der Waals surface area contributed by atoms with E-state index in [9.17, 15) is 4.79 Å². The fourth-order valence-corrected chi connectivity index (χ4v) is 3.58. The number of rotatable bonds is 4. The lowest BCUT2D eigenvalue weighted by Crippen LogP contribution is -2.45. The van der Waals surface area contributed by atoms with Gasteiger partial charge in [0, 0.05) is 26.1 Å². The molecule has 1 heterocycles. The summed E-state index contributed by atoms with van der Waals surface area (Å²) < 4.78 is 0. The first-order chi connectivity index (χ1) is 9.19. The smallest absolute Gasteiger partial charge is 0.219 e. The van der Waals surface area contributed by atoms with E-state index in [2.05, 4.69) is 12.2 Å². The molecular weight excluding hydrogens is 236 g/mol. The highest BCUT2D eigenvalue weighted by atomic mass is 16.2. The van der Waals surface area contributed by atoms with Gasteiger partial charge >= 0.3 is 0 Å². The minimum absolute atomic E-state index is 0.233. The summed E-state index contributed by atoms with van der Waals surface area (Å²) in [5, 5.41) is 3.75. The second kappa shape index (κ2) is 7.28. The Bertz CT molecular complexity index is 276. The van der Waals surface area contributed by atoms with Crippen molar-refractivity contribution in [3.8, 4) is 0 Å². The zero-order valence-electron chi connectivity index (χ0n) is 12.7. The summed E-state index contributed by atoms with van der Waals surface area (Å²) in [6, 6.07) is 0.638. The zero-order valence-corrected chi connectivity index (χ0v) is 12.7. The van der Waals surface area contributed by atoms with Crippen molar-refractivity contribution in [2.75, 3.05) is 19.6 Å². The van der Waals surface area contributed by atoms with Gasteiger partial charge in [-0.25, -0.2) is 0 Å². The Morgan fingerprint density at radius 2 is 1.63 bits per heavy atom. The first-order valence-corrected chi connectivity index (χ1v) is 8.18. The van der Waals surface area contributed by atoms with Gasteiger partial charge in [0.1, 0.15) is 0 Å². The molecule has 0 unspecified atom stereocenters. The molecule has 0 radical (unpaired) electrons. The van der Waals surface area contributed by atoms with Crippen LogP contribution < -0.4 is 5.32 Å². The van der Waals surface area contributed by atoms with Crippen LogP contribution in [0.15, 0.2) is 0 Å². The van der Waals surface area contributed by atoms with Crippen molar-refractivity contribution in [1.29, 1.82) is 0 Å².